The number of benzene rings is 1. The van der Waals surface area contributed by atoms with Crippen molar-refractivity contribution < 1.29 is 17.9 Å². The third-order valence-electron chi connectivity index (χ3n) is 5.22. The van der Waals surface area contributed by atoms with E-state index in [-0.39, 0.29) is 18.4 Å². The normalized spacial score (nSPS) is 22.5. The monoisotopic (exact) mass is 395 g/mol. The number of hydrogen-bond acceptors (Lipinski definition) is 5. The lowest BCUT2D eigenvalue weighted by atomic mass is 9.98. The van der Waals surface area contributed by atoms with Crippen LogP contribution < -0.4 is 5.32 Å². The Bertz CT molecular complexity index is 730. The highest BCUT2D eigenvalue weighted by Gasteiger charge is 2.29. The number of carbonyl (C=O) groups excluding carboxylic acids is 1. The van der Waals surface area contributed by atoms with E-state index < -0.39 is 10.0 Å². The van der Waals surface area contributed by atoms with E-state index in [1.165, 1.54) is 16.1 Å². The molecule has 1 N–H and O–H groups in total. The molecule has 8 heteroatoms. The number of ether oxygens (including phenoxy) is 1. The smallest absolute Gasteiger partial charge is 0.224 e. The zero-order valence-corrected chi connectivity index (χ0v) is 16.7. The second-order valence-corrected chi connectivity index (χ2v) is 9.37. The van der Waals surface area contributed by atoms with E-state index in [2.05, 4.69) is 22.3 Å². The van der Waals surface area contributed by atoms with Crippen LogP contribution >= 0.6 is 0 Å². The summed E-state index contributed by atoms with van der Waals surface area (Å²) in [5.41, 5.74) is 2.30. The van der Waals surface area contributed by atoms with E-state index in [1.54, 1.807) is 0 Å². The van der Waals surface area contributed by atoms with Gasteiger partial charge in [0.05, 0.1) is 25.4 Å². The first-order valence-electron chi connectivity index (χ1n) is 9.52. The molecule has 2 fully saturated rings. The lowest BCUT2D eigenvalue weighted by molar-refractivity contribution is -0.126. The minimum atomic E-state index is -3.24. The Balaban J connectivity index is 1.47. The molecule has 0 radical (unpaired) electrons. The van der Waals surface area contributed by atoms with Crippen LogP contribution in [-0.2, 0) is 32.6 Å². The van der Waals surface area contributed by atoms with Crippen molar-refractivity contribution in [2.45, 2.75) is 25.9 Å². The first kappa shape index (κ1) is 20.3. The van der Waals surface area contributed by atoms with Crippen LogP contribution in [0.4, 0.5) is 0 Å². The summed E-state index contributed by atoms with van der Waals surface area (Å²) in [4.78, 5) is 14.8. The maximum Gasteiger partial charge on any atom is 0.224 e. The number of hydrogen-bond donors (Lipinski definition) is 1. The summed E-state index contributed by atoms with van der Waals surface area (Å²) in [5, 5.41) is 2.95. The van der Waals surface area contributed by atoms with Gasteiger partial charge in [0, 0.05) is 39.3 Å². The van der Waals surface area contributed by atoms with Crippen molar-refractivity contribution in [2.75, 3.05) is 45.6 Å². The lowest BCUT2D eigenvalue weighted by Gasteiger charge is -2.30. The average Bonchev–Trinajstić information content (AvgIpc) is 2.67. The summed E-state index contributed by atoms with van der Waals surface area (Å²) >= 11 is 0. The van der Waals surface area contributed by atoms with E-state index in [1.807, 2.05) is 12.1 Å². The average molecular weight is 396 g/mol. The largest absolute Gasteiger partial charge is 0.379 e. The first-order valence-corrected chi connectivity index (χ1v) is 11.4. The predicted molar refractivity (Wildman–Crippen MR) is 104 cm³/mol. The van der Waals surface area contributed by atoms with Gasteiger partial charge in [0.15, 0.2) is 0 Å². The topological polar surface area (TPSA) is 79.0 Å². The van der Waals surface area contributed by atoms with Gasteiger partial charge >= 0.3 is 0 Å². The fourth-order valence-electron chi connectivity index (χ4n) is 3.57. The van der Waals surface area contributed by atoms with Gasteiger partial charge in [-0.25, -0.2) is 12.7 Å². The molecule has 0 spiro atoms. The van der Waals surface area contributed by atoms with Crippen molar-refractivity contribution in [1.29, 1.82) is 0 Å². The van der Waals surface area contributed by atoms with Crippen LogP contribution in [0.5, 0.6) is 0 Å². The molecular weight excluding hydrogens is 366 g/mol. The number of sulfonamides is 1. The minimum absolute atomic E-state index is 0.0688. The Morgan fingerprint density at radius 1 is 1.15 bits per heavy atom. The molecule has 150 valence electrons. The number of morpholine rings is 1. The zero-order valence-electron chi connectivity index (χ0n) is 15.9. The van der Waals surface area contributed by atoms with Gasteiger partial charge in [0.2, 0.25) is 15.9 Å². The summed E-state index contributed by atoms with van der Waals surface area (Å²) < 4.78 is 30.2. The summed E-state index contributed by atoms with van der Waals surface area (Å²) in [6.45, 7) is 5.68. The van der Waals surface area contributed by atoms with Crippen molar-refractivity contribution in [3.05, 3.63) is 35.4 Å². The van der Waals surface area contributed by atoms with Crippen molar-refractivity contribution in [3.8, 4) is 0 Å². The predicted octanol–water partition coefficient (Wildman–Crippen LogP) is 0.807. The third-order valence-corrected chi connectivity index (χ3v) is 6.49. The molecule has 0 aromatic heterocycles. The van der Waals surface area contributed by atoms with Gasteiger partial charge < -0.3 is 10.1 Å². The van der Waals surface area contributed by atoms with Gasteiger partial charge in [-0.2, -0.15) is 0 Å². The van der Waals surface area contributed by atoms with Gasteiger partial charge in [-0.3, -0.25) is 9.69 Å². The van der Waals surface area contributed by atoms with E-state index in [9.17, 15) is 13.2 Å². The van der Waals surface area contributed by atoms with Gasteiger partial charge in [-0.15, -0.1) is 0 Å². The molecule has 2 aliphatic heterocycles. The first-order chi connectivity index (χ1) is 12.9. The number of rotatable bonds is 6. The molecule has 1 amide bonds. The lowest BCUT2D eigenvalue weighted by Crippen LogP contribution is -2.44. The van der Waals surface area contributed by atoms with Crippen molar-refractivity contribution in [3.63, 3.8) is 0 Å². The number of carbonyl (C=O) groups is 1. The quantitative estimate of drug-likeness (QED) is 0.771. The molecule has 0 bridgehead atoms. The second-order valence-electron chi connectivity index (χ2n) is 7.38. The molecule has 1 unspecified atom stereocenters. The summed E-state index contributed by atoms with van der Waals surface area (Å²) in [7, 11) is -3.24. The maximum absolute atomic E-state index is 12.4. The molecule has 27 heavy (non-hydrogen) atoms. The van der Waals surface area contributed by atoms with Crippen LogP contribution in [0.3, 0.4) is 0 Å². The zero-order chi connectivity index (χ0) is 19.3. The molecule has 1 atom stereocenters. The van der Waals surface area contributed by atoms with Crippen LogP contribution in [0.25, 0.3) is 0 Å². The molecular formula is C19H29N3O4S. The molecule has 7 nitrogen and oxygen atoms in total. The van der Waals surface area contributed by atoms with Crippen molar-refractivity contribution >= 4 is 15.9 Å². The molecule has 0 aliphatic carbocycles. The van der Waals surface area contributed by atoms with Gasteiger partial charge in [-0.05, 0) is 24.0 Å². The second kappa shape index (κ2) is 9.14. The number of piperidine rings is 1. The SMILES string of the molecule is CS(=O)(=O)N1CCCC(C(=O)NCc2ccc(CN3CCOCC3)cc2)C1. The minimum Gasteiger partial charge on any atom is -0.379 e. The Morgan fingerprint density at radius 2 is 1.81 bits per heavy atom. The van der Waals surface area contributed by atoms with Crippen LogP contribution in [0.1, 0.15) is 24.0 Å². The summed E-state index contributed by atoms with van der Waals surface area (Å²) in [6, 6.07) is 8.28. The molecule has 3 rings (SSSR count). The standard InChI is InChI=1S/C19H29N3O4S/c1-27(24,25)22-8-2-3-18(15-22)19(23)20-13-16-4-6-17(7-5-16)14-21-9-11-26-12-10-21/h4-7,18H,2-3,8-15H2,1H3,(H,20,23). The van der Waals surface area contributed by atoms with Gasteiger partial charge in [0.1, 0.15) is 0 Å². The van der Waals surface area contributed by atoms with E-state index >= 15 is 0 Å². The van der Waals surface area contributed by atoms with Gasteiger partial charge in [0.25, 0.3) is 0 Å². The number of nitrogens with zero attached hydrogens (tertiary/aromatic N) is 2. The fraction of sp³-hybridized carbons (Fsp3) is 0.632. The van der Waals surface area contributed by atoms with Crippen LogP contribution in [0, 0.1) is 5.92 Å². The van der Waals surface area contributed by atoms with Crippen molar-refractivity contribution in [2.24, 2.45) is 5.92 Å². The molecule has 0 saturated carbocycles. The maximum atomic E-state index is 12.4. The van der Waals surface area contributed by atoms with Crippen LogP contribution in [0.2, 0.25) is 0 Å². The number of amides is 1. The Hall–Kier alpha value is -1.48. The Morgan fingerprint density at radius 3 is 2.48 bits per heavy atom. The molecule has 2 heterocycles. The molecule has 2 aliphatic rings. The summed E-state index contributed by atoms with van der Waals surface area (Å²) in [5.74, 6) is -0.338. The fourth-order valence-corrected chi connectivity index (χ4v) is 4.48. The highest BCUT2D eigenvalue weighted by molar-refractivity contribution is 7.88. The van der Waals surface area contributed by atoms with Gasteiger partial charge in [-0.1, -0.05) is 24.3 Å². The van der Waals surface area contributed by atoms with E-state index in [4.69, 9.17) is 4.74 Å². The Kier molecular flexibility index (Phi) is 6.86. The molecule has 2 saturated heterocycles. The van der Waals surface area contributed by atoms with Crippen LogP contribution in [0.15, 0.2) is 24.3 Å². The Labute approximate surface area is 161 Å². The summed E-state index contributed by atoms with van der Waals surface area (Å²) in [6.07, 6.45) is 2.66. The van der Waals surface area contributed by atoms with Crippen molar-refractivity contribution in [1.82, 2.24) is 14.5 Å². The van der Waals surface area contributed by atoms with Crippen LogP contribution in [-0.4, -0.2) is 69.2 Å². The molecule has 1 aromatic carbocycles. The number of nitrogens with one attached hydrogen (secondary N) is 1. The van der Waals surface area contributed by atoms with E-state index in [0.717, 1.165) is 51.3 Å². The third kappa shape index (κ3) is 6.00. The molecule has 1 aromatic rings. The van der Waals surface area contributed by atoms with E-state index in [0.29, 0.717) is 13.1 Å². The highest BCUT2D eigenvalue weighted by atomic mass is 32.2. The highest BCUT2D eigenvalue weighted by Crippen LogP contribution is 2.19.